The highest BCUT2D eigenvalue weighted by Gasteiger charge is 2.17. The van der Waals surface area contributed by atoms with Crippen molar-refractivity contribution in [1.82, 2.24) is 15.0 Å². The summed E-state index contributed by atoms with van der Waals surface area (Å²) >= 11 is 9.84. The monoisotopic (exact) mass is 553 g/mol. The molecule has 9 nitrogen and oxygen atoms in total. The van der Waals surface area contributed by atoms with E-state index in [2.05, 4.69) is 46.7 Å². The quantitative estimate of drug-likeness (QED) is 0.296. The zero-order valence-electron chi connectivity index (χ0n) is 17.6. The van der Waals surface area contributed by atoms with Gasteiger partial charge in [0.15, 0.2) is 0 Å². The topological polar surface area (TPSA) is 108 Å². The van der Waals surface area contributed by atoms with Crippen LogP contribution in [0.2, 0.25) is 5.02 Å². The molecule has 12 heteroatoms. The Morgan fingerprint density at radius 2 is 1.91 bits per heavy atom. The molecule has 0 radical (unpaired) electrons. The van der Waals surface area contributed by atoms with Gasteiger partial charge in [-0.15, -0.1) is 12.4 Å². The summed E-state index contributed by atoms with van der Waals surface area (Å²) in [7, 11) is 0. The molecular formula is C21H22BrCl2N7O2. The Bertz CT molecular complexity index is 1140. The lowest BCUT2D eigenvalue weighted by Gasteiger charge is -2.27. The maximum atomic E-state index is 9.59. The summed E-state index contributed by atoms with van der Waals surface area (Å²) in [5.74, 6) is 1.29. The first-order chi connectivity index (χ1) is 15.5. The highest BCUT2D eigenvalue weighted by Crippen LogP contribution is 2.31. The van der Waals surface area contributed by atoms with Crippen LogP contribution in [0.5, 0.6) is 5.75 Å². The number of rotatable bonds is 6. The number of hydrogen-bond donors (Lipinski definition) is 3. The minimum atomic E-state index is 0. The van der Waals surface area contributed by atoms with E-state index in [1.165, 1.54) is 0 Å². The van der Waals surface area contributed by atoms with E-state index in [9.17, 15) is 5.11 Å². The van der Waals surface area contributed by atoms with Crippen LogP contribution in [0.1, 0.15) is 11.1 Å². The van der Waals surface area contributed by atoms with Crippen molar-refractivity contribution in [3.63, 3.8) is 0 Å². The summed E-state index contributed by atoms with van der Waals surface area (Å²) < 4.78 is 6.27. The van der Waals surface area contributed by atoms with E-state index in [-0.39, 0.29) is 24.1 Å². The van der Waals surface area contributed by atoms with E-state index >= 15 is 0 Å². The number of aromatic nitrogens is 3. The minimum Gasteiger partial charge on any atom is -0.508 e. The number of nitrogens with one attached hydrogen (secondary N) is 2. The Kier molecular flexibility index (Phi) is 8.67. The molecule has 1 aliphatic heterocycles. The third-order valence-electron chi connectivity index (χ3n) is 4.66. The molecule has 0 atom stereocenters. The largest absolute Gasteiger partial charge is 0.508 e. The Morgan fingerprint density at radius 3 is 2.67 bits per heavy atom. The van der Waals surface area contributed by atoms with E-state index in [0.717, 1.165) is 21.3 Å². The third-order valence-corrected chi connectivity index (χ3v) is 5.72. The molecule has 0 amide bonds. The van der Waals surface area contributed by atoms with Crippen LogP contribution >= 0.6 is 39.9 Å². The SMILES string of the molecule is Cc1cc(Br)c(Nc2nc(N/N=C\c3cccc(O)c3)nc(N3CCOCC3)n2)cc1Cl.Cl. The molecule has 4 rings (SSSR count). The van der Waals surface area contributed by atoms with Gasteiger partial charge in [0, 0.05) is 22.6 Å². The van der Waals surface area contributed by atoms with Crippen molar-refractivity contribution >= 4 is 69.7 Å². The van der Waals surface area contributed by atoms with Gasteiger partial charge in [-0.1, -0.05) is 23.7 Å². The molecule has 3 N–H and O–H groups in total. The number of hydrazone groups is 1. The van der Waals surface area contributed by atoms with E-state index < -0.39 is 0 Å². The summed E-state index contributed by atoms with van der Waals surface area (Å²) in [6.45, 7) is 4.49. The fraction of sp³-hybridized carbons (Fsp3) is 0.238. The van der Waals surface area contributed by atoms with Crippen molar-refractivity contribution in [1.29, 1.82) is 0 Å². The third kappa shape index (κ3) is 6.67. The van der Waals surface area contributed by atoms with Crippen LogP contribution in [-0.4, -0.2) is 52.6 Å². The zero-order chi connectivity index (χ0) is 22.5. The van der Waals surface area contributed by atoms with Crippen LogP contribution in [0.25, 0.3) is 0 Å². The van der Waals surface area contributed by atoms with Crippen LogP contribution in [0.15, 0.2) is 46.0 Å². The number of hydrogen-bond acceptors (Lipinski definition) is 9. The average molecular weight is 555 g/mol. The number of nitrogens with zero attached hydrogens (tertiary/aromatic N) is 5. The van der Waals surface area contributed by atoms with Gasteiger partial charge in [0.25, 0.3) is 0 Å². The highest BCUT2D eigenvalue weighted by molar-refractivity contribution is 9.10. The fourth-order valence-corrected chi connectivity index (χ4v) is 3.73. The van der Waals surface area contributed by atoms with Crippen molar-refractivity contribution in [2.45, 2.75) is 6.92 Å². The van der Waals surface area contributed by atoms with Crippen LogP contribution < -0.4 is 15.6 Å². The van der Waals surface area contributed by atoms with E-state index in [1.807, 2.05) is 30.0 Å². The van der Waals surface area contributed by atoms with Crippen LogP contribution in [0.4, 0.5) is 23.5 Å². The first-order valence-corrected chi connectivity index (χ1v) is 11.0. The van der Waals surface area contributed by atoms with Crippen LogP contribution in [0.3, 0.4) is 0 Å². The maximum Gasteiger partial charge on any atom is 0.250 e. The molecule has 2 aromatic carbocycles. The zero-order valence-corrected chi connectivity index (χ0v) is 20.8. The molecule has 2 heterocycles. The van der Waals surface area contributed by atoms with Gasteiger partial charge in [0.2, 0.25) is 17.8 Å². The molecule has 1 aromatic heterocycles. The normalized spacial score (nSPS) is 13.6. The Hall–Kier alpha value is -2.66. The number of ether oxygens (including phenoxy) is 1. The second-order valence-electron chi connectivity index (χ2n) is 7.05. The van der Waals surface area contributed by atoms with Crippen molar-refractivity contribution in [3.05, 3.63) is 57.0 Å². The first kappa shape index (κ1) is 25.0. The molecule has 0 aliphatic carbocycles. The van der Waals surface area contributed by atoms with Gasteiger partial charge in [-0.3, -0.25) is 0 Å². The summed E-state index contributed by atoms with van der Waals surface area (Å²) in [6.07, 6.45) is 1.57. The number of morpholine rings is 1. The maximum absolute atomic E-state index is 9.59. The van der Waals surface area contributed by atoms with Gasteiger partial charge in [-0.2, -0.15) is 20.1 Å². The summed E-state index contributed by atoms with van der Waals surface area (Å²) in [4.78, 5) is 15.5. The van der Waals surface area contributed by atoms with E-state index in [1.54, 1.807) is 24.4 Å². The van der Waals surface area contributed by atoms with Crippen molar-refractivity contribution in [3.8, 4) is 5.75 Å². The number of phenols is 1. The molecule has 0 bridgehead atoms. The molecular weight excluding hydrogens is 533 g/mol. The lowest BCUT2D eigenvalue weighted by molar-refractivity contribution is 0.122. The predicted octanol–water partition coefficient (Wildman–Crippen LogP) is 4.75. The number of phenolic OH excluding ortho intramolecular Hbond substituents is 1. The van der Waals surface area contributed by atoms with Crippen molar-refractivity contribution in [2.24, 2.45) is 5.10 Å². The molecule has 174 valence electrons. The second kappa shape index (κ2) is 11.5. The lowest BCUT2D eigenvalue weighted by Crippen LogP contribution is -2.37. The minimum absolute atomic E-state index is 0. The van der Waals surface area contributed by atoms with Crippen molar-refractivity contribution < 1.29 is 9.84 Å². The molecule has 33 heavy (non-hydrogen) atoms. The number of aromatic hydroxyl groups is 1. The predicted molar refractivity (Wildman–Crippen MR) is 137 cm³/mol. The molecule has 1 aliphatic rings. The van der Waals surface area contributed by atoms with Gasteiger partial charge in [-0.25, -0.2) is 5.43 Å². The van der Waals surface area contributed by atoms with Gasteiger partial charge in [-0.05, 0) is 58.2 Å². The van der Waals surface area contributed by atoms with Gasteiger partial charge in [0.05, 0.1) is 25.1 Å². The Morgan fingerprint density at radius 1 is 1.15 bits per heavy atom. The van der Waals surface area contributed by atoms with E-state index in [4.69, 9.17) is 16.3 Å². The second-order valence-corrected chi connectivity index (χ2v) is 8.31. The summed E-state index contributed by atoms with van der Waals surface area (Å²) in [5, 5.41) is 17.6. The molecule has 0 saturated carbocycles. The molecule has 0 unspecified atom stereocenters. The summed E-state index contributed by atoms with van der Waals surface area (Å²) in [6, 6.07) is 10.5. The Labute approximate surface area is 210 Å². The average Bonchev–Trinajstić information content (AvgIpc) is 2.78. The fourth-order valence-electron chi connectivity index (χ4n) is 3.01. The molecule has 3 aromatic rings. The number of halogens is 3. The number of anilines is 4. The number of benzene rings is 2. The van der Waals surface area contributed by atoms with Gasteiger partial charge < -0.3 is 20.1 Å². The van der Waals surface area contributed by atoms with Crippen molar-refractivity contribution in [2.75, 3.05) is 41.9 Å². The smallest absolute Gasteiger partial charge is 0.250 e. The van der Waals surface area contributed by atoms with Crippen LogP contribution in [-0.2, 0) is 4.74 Å². The lowest BCUT2D eigenvalue weighted by atomic mass is 10.2. The first-order valence-electron chi connectivity index (χ1n) is 9.87. The van der Waals surface area contributed by atoms with Gasteiger partial charge >= 0.3 is 0 Å². The number of aryl methyl sites for hydroxylation is 1. The van der Waals surface area contributed by atoms with Gasteiger partial charge in [0.1, 0.15) is 5.75 Å². The standard InChI is InChI=1S/C21H21BrClN7O2.ClH/c1-13-9-16(22)18(11-17(13)23)25-19-26-20(28-21(27-19)30-5-7-32-8-6-30)29-24-12-14-3-2-4-15(31)10-14;/h2-4,9-12,31H,5-8H2,1H3,(H2,25,26,27,28,29);1H/b24-12-;. The molecule has 1 saturated heterocycles. The van der Waals surface area contributed by atoms with Crippen LogP contribution in [0, 0.1) is 6.92 Å². The van der Waals surface area contributed by atoms with E-state index in [0.29, 0.717) is 43.2 Å². The molecule has 1 fully saturated rings. The summed E-state index contributed by atoms with van der Waals surface area (Å²) in [5.41, 5.74) is 5.26. The Balaban J connectivity index is 0.00000306. The molecule has 0 spiro atoms. The highest BCUT2D eigenvalue weighted by atomic mass is 79.9.